The Morgan fingerprint density at radius 1 is 1.59 bits per heavy atom. The molecule has 1 aliphatic carbocycles. The zero-order chi connectivity index (χ0) is 12.5. The van der Waals surface area contributed by atoms with E-state index in [0.29, 0.717) is 19.4 Å². The maximum Gasteiger partial charge on any atom is 0.139 e. The van der Waals surface area contributed by atoms with Crippen LogP contribution in [0.15, 0.2) is 6.07 Å². The zero-order valence-corrected chi connectivity index (χ0v) is 10.7. The van der Waals surface area contributed by atoms with Crippen LogP contribution in [0.3, 0.4) is 0 Å². The Bertz CT molecular complexity index is 413. The molecule has 4 heteroatoms. The minimum absolute atomic E-state index is 0.116. The fourth-order valence-corrected chi connectivity index (χ4v) is 2.64. The normalized spacial score (nSPS) is 17.8. The maximum atomic E-state index is 12.0. The highest BCUT2D eigenvalue weighted by atomic mass is 16.1. The second-order valence-corrected chi connectivity index (χ2v) is 5.35. The van der Waals surface area contributed by atoms with Gasteiger partial charge in [0.25, 0.3) is 0 Å². The molecule has 4 nitrogen and oxygen atoms in total. The standard InChI is InChI=1S/C13H21N3O/c1-10-6-11(16(2)15-10)7-12(17)8-13(9-14)4-3-5-13/h6H,3-5,7-9,14H2,1-2H3. The van der Waals surface area contributed by atoms with Crippen molar-refractivity contribution in [2.75, 3.05) is 6.54 Å². The molecule has 1 heterocycles. The molecule has 0 atom stereocenters. The number of ketones is 1. The topological polar surface area (TPSA) is 60.9 Å². The predicted octanol–water partition coefficient (Wildman–Crippen LogP) is 1.36. The summed E-state index contributed by atoms with van der Waals surface area (Å²) in [5, 5.41) is 4.25. The van der Waals surface area contributed by atoms with Gasteiger partial charge in [-0.1, -0.05) is 6.42 Å². The van der Waals surface area contributed by atoms with Crippen LogP contribution in [0.4, 0.5) is 0 Å². The Hall–Kier alpha value is -1.16. The Balaban J connectivity index is 1.95. The second-order valence-electron chi connectivity index (χ2n) is 5.35. The molecule has 0 bridgehead atoms. The lowest BCUT2D eigenvalue weighted by molar-refractivity contribution is -0.122. The van der Waals surface area contributed by atoms with Gasteiger partial charge in [0.1, 0.15) is 5.78 Å². The summed E-state index contributed by atoms with van der Waals surface area (Å²) < 4.78 is 1.79. The van der Waals surface area contributed by atoms with Gasteiger partial charge < -0.3 is 5.73 Å². The van der Waals surface area contributed by atoms with Crippen molar-refractivity contribution < 1.29 is 4.79 Å². The Morgan fingerprint density at radius 2 is 2.29 bits per heavy atom. The average molecular weight is 235 g/mol. The van der Waals surface area contributed by atoms with Gasteiger partial charge >= 0.3 is 0 Å². The van der Waals surface area contributed by atoms with Crippen molar-refractivity contribution in [3.05, 3.63) is 17.5 Å². The van der Waals surface area contributed by atoms with Crippen LogP contribution < -0.4 is 5.73 Å². The molecule has 1 fully saturated rings. The van der Waals surface area contributed by atoms with Crippen LogP contribution in [-0.2, 0) is 18.3 Å². The van der Waals surface area contributed by atoms with Crippen LogP contribution in [0.2, 0.25) is 0 Å². The van der Waals surface area contributed by atoms with Crippen molar-refractivity contribution in [2.45, 2.75) is 39.0 Å². The van der Waals surface area contributed by atoms with E-state index in [9.17, 15) is 4.79 Å². The molecular formula is C13H21N3O. The van der Waals surface area contributed by atoms with Crippen molar-refractivity contribution in [3.8, 4) is 0 Å². The summed E-state index contributed by atoms with van der Waals surface area (Å²) in [4.78, 5) is 12.0. The maximum absolute atomic E-state index is 12.0. The molecule has 1 aliphatic rings. The predicted molar refractivity (Wildman–Crippen MR) is 66.6 cm³/mol. The van der Waals surface area contributed by atoms with Gasteiger partial charge in [-0.05, 0) is 37.8 Å². The number of nitrogens with two attached hydrogens (primary N) is 1. The van der Waals surface area contributed by atoms with Crippen LogP contribution in [0.5, 0.6) is 0 Å². The zero-order valence-electron chi connectivity index (χ0n) is 10.7. The molecule has 0 radical (unpaired) electrons. The Kier molecular flexibility index (Phi) is 3.33. The van der Waals surface area contributed by atoms with Gasteiger partial charge in [0.15, 0.2) is 0 Å². The third-order valence-electron chi connectivity index (χ3n) is 3.90. The molecule has 94 valence electrons. The van der Waals surface area contributed by atoms with E-state index in [1.807, 2.05) is 20.0 Å². The molecule has 0 spiro atoms. The first-order valence-electron chi connectivity index (χ1n) is 6.26. The molecule has 2 rings (SSSR count). The summed E-state index contributed by atoms with van der Waals surface area (Å²) in [5.41, 5.74) is 7.85. The summed E-state index contributed by atoms with van der Waals surface area (Å²) in [6, 6.07) is 1.98. The van der Waals surface area contributed by atoms with Crippen molar-refractivity contribution in [2.24, 2.45) is 18.2 Å². The molecule has 0 amide bonds. The molecular weight excluding hydrogens is 214 g/mol. The van der Waals surface area contributed by atoms with Crippen LogP contribution in [0.25, 0.3) is 0 Å². The highest BCUT2D eigenvalue weighted by Crippen LogP contribution is 2.43. The van der Waals surface area contributed by atoms with Gasteiger partial charge in [-0.3, -0.25) is 9.48 Å². The number of carbonyl (C=O) groups excluding carboxylic acids is 1. The average Bonchev–Trinajstić information content (AvgIpc) is 2.51. The van der Waals surface area contributed by atoms with Gasteiger partial charge in [0.2, 0.25) is 0 Å². The second kappa shape index (κ2) is 4.61. The highest BCUT2D eigenvalue weighted by molar-refractivity contribution is 5.81. The quantitative estimate of drug-likeness (QED) is 0.838. The van der Waals surface area contributed by atoms with Gasteiger partial charge in [0, 0.05) is 25.6 Å². The van der Waals surface area contributed by atoms with Crippen LogP contribution in [0.1, 0.15) is 37.1 Å². The largest absolute Gasteiger partial charge is 0.330 e. The number of hydrogen-bond donors (Lipinski definition) is 1. The van der Waals surface area contributed by atoms with Crippen LogP contribution in [0, 0.1) is 12.3 Å². The van der Waals surface area contributed by atoms with E-state index in [1.54, 1.807) is 4.68 Å². The molecule has 1 aromatic heterocycles. The highest BCUT2D eigenvalue weighted by Gasteiger charge is 2.37. The first-order chi connectivity index (χ1) is 8.04. The summed E-state index contributed by atoms with van der Waals surface area (Å²) in [6.45, 7) is 2.59. The summed E-state index contributed by atoms with van der Waals surface area (Å²) >= 11 is 0. The fourth-order valence-electron chi connectivity index (χ4n) is 2.64. The number of rotatable bonds is 5. The molecule has 1 aromatic rings. The Labute approximate surface area is 102 Å². The van der Waals surface area contributed by atoms with E-state index in [2.05, 4.69) is 5.10 Å². The lowest BCUT2D eigenvalue weighted by Crippen LogP contribution is -2.39. The van der Waals surface area contributed by atoms with Crippen molar-refractivity contribution in [1.29, 1.82) is 0 Å². The van der Waals surface area contributed by atoms with Crippen LogP contribution in [-0.4, -0.2) is 22.1 Å². The van der Waals surface area contributed by atoms with Crippen molar-refractivity contribution in [1.82, 2.24) is 9.78 Å². The van der Waals surface area contributed by atoms with Gasteiger partial charge in [-0.25, -0.2) is 0 Å². The van der Waals surface area contributed by atoms with E-state index in [-0.39, 0.29) is 11.2 Å². The van der Waals surface area contributed by atoms with Crippen molar-refractivity contribution >= 4 is 5.78 Å². The molecule has 0 unspecified atom stereocenters. The number of aromatic nitrogens is 2. The molecule has 0 aliphatic heterocycles. The fraction of sp³-hybridized carbons (Fsp3) is 0.692. The SMILES string of the molecule is Cc1cc(CC(=O)CC2(CN)CCC2)n(C)n1. The van der Waals surface area contributed by atoms with Crippen molar-refractivity contribution in [3.63, 3.8) is 0 Å². The first kappa shape index (κ1) is 12.3. The number of carbonyl (C=O) groups is 1. The van der Waals surface area contributed by atoms with E-state index in [1.165, 1.54) is 6.42 Å². The first-order valence-corrected chi connectivity index (χ1v) is 6.26. The van der Waals surface area contributed by atoms with Gasteiger partial charge in [-0.15, -0.1) is 0 Å². The summed E-state index contributed by atoms with van der Waals surface area (Å²) in [6.07, 6.45) is 4.56. The molecule has 0 saturated heterocycles. The smallest absolute Gasteiger partial charge is 0.139 e. The number of Topliss-reactive ketones (excluding diaryl/α,β-unsaturated/α-hetero) is 1. The summed E-state index contributed by atoms with van der Waals surface area (Å²) in [7, 11) is 1.89. The molecule has 0 aromatic carbocycles. The summed E-state index contributed by atoms with van der Waals surface area (Å²) in [5.74, 6) is 0.290. The van der Waals surface area contributed by atoms with E-state index < -0.39 is 0 Å². The minimum Gasteiger partial charge on any atom is -0.330 e. The van der Waals surface area contributed by atoms with E-state index in [4.69, 9.17) is 5.73 Å². The van der Waals surface area contributed by atoms with E-state index in [0.717, 1.165) is 24.2 Å². The number of nitrogens with zero attached hydrogens (tertiary/aromatic N) is 2. The Morgan fingerprint density at radius 3 is 2.71 bits per heavy atom. The molecule has 1 saturated carbocycles. The number of hydrogen-bond acceptors (Lipinski definition) is 3. The van der Waals surface area contributed by atoms with E-state index >= 15 is 0 Å². The van der Waals surface area contributed by atoms with Gasteiger partial charge in [-0.2, -0.15) is 5.10 Å². The lowest BCUT2D eigenvalue weighted by Gasteiger charge is -2.40. The third kappa shape index (κ3) is 2.57. The molecule has 2 N–H and O–H groups in total. The monoisotopic (exact) mass is 235 g/mol. The minimum atomic E-state index is 0.116. The van der Waals surface area contributed by atoms with Crippen LogP contribution >= 0.6 is 0 Å². The number of aryl methyl sites for hydroxylation is 2. The van der Waals surface area contributed by atoms with Gasteiger partial charge in [0.05, 0.1) is 5.69 Å². The molecule has 17 heavy (non-hydrogen) atoms. The lowest BCUT2D eigenvalue weighted by atomic mass is 9.66. The third-order valence-corrected chi connectivity index (χ3v) is 3.90.